The zero-order valence-electron chi connectivity index (χ0n) is 22.5. The molecule has 1 saturated carbocycles. The fourth-order valence-corrected chi connectivity index (χ4v) is 6.28. The number of hydrogen-bond donors (Lipinski definition) is 4. The molecule has 0 radical (unpaired) electrons. The number of aliphatic carboxylic acids is 1. The monoisotopic (exact) mass is 657 g/mol. The largest absolute Gasteiger partial charge is 0.490 e. The highest BCUT2D eigenvalue weighted by Gasteiger charge is 2.38. The van der Waals surface area contributed by atoms with Gasteiger partial charge in [-0.3, -0.25) is 9.59 Å². The van der Waals surface area contributed by atoms with E-state index in [1.165, 1.54) is 17.8 Å². The molecule has 0 spiro atoms. The molecule has 0 aliphatic heterocycles. The molecule has 3 rings (SSSR count). The number of benzene rings is 2. The molecule has 0 heterocycles. The van der Waals surface area contributed by atoms with E-state index in [9.17, 15) is 44.3 Å². The maximum absolute atomic E-state index is 13.0. The highest BCUT2D eigenvalue weighted by Crippen LogP contribution is 2.30. The first-order valence-electron chi connectivity index (χ1n) is 12.5. The summed E-state index contributed by atoms with van der Waals surface area (Å²) in [5, 5.41) is 12.2. The molecule has 1 aliphatic rings. The lowest BCUT2D eigenvalue weighted by atomic mass is 9.83. The van der Waals surface area contributed by atoms with Gasteiger partial charge in [0.2, 0.25) is 5.91 Å². The summed E-state index contributed by atoms with van der Waals surface area (Å²) in [5.41, 5.74) is 4.88. The average Bonchev–Trinajstić information content (AvgIpc) is 2.92. The van der Waals surface area contributed by atoms with Crippen LogP contribution in [0.25, 0.3) is 0 Å². The van der Waals surface area contributed by atoms with Gasteiger partial charge < -0.3 is 21.5 Å². The lowest BCUT2D eigenvalue weighted by Gasteiger charge is -2.35. The number of carboxylic acid groups (broad SMARTS) is 1. The molecule has 2 aromatic carbocycles. The molecule has 0 unspecified atom stereocenters. The Balaban J connectivity index is 0.000000821. The molecule has 0 bridgehead atoms. The molecular formula is C26H29F6N3O6S2. The summed E-state index contributed by atoms with van der Waals surface area (Å²) in [6, 6.07) is 9.81. The summed E-state index contributed by atoms with van der Waals surface area (Å²) in [4.78, 5) is 34.8. The van der Waals surface area contributed by atoms with Crippen LogP contribution in [0.4, 0.5) is 26.3 Å². The number of carbonyl (C=O) groups is 3. The van der Waals surface area contributed by atoms with Crippen molar-refractivity contribution >= 4 is 39.4 Å². The van der Waals surface area contributed by atoms with Crippen LogP contribution in [0.2, 0.25) is 0 Å². The molecule has 5 N–H and O–H groups in total. The fraction of sp³-hybridized carbons (Fsp3) is 0.423. The lowest BCUT2D eigenvalue weighted by Crippen LogP contribution is -2.50. The number of thioether (sulfide) groups is 1. The van der Waals surface area contributed by atoms with E-state index in [2.05, 4.69) is 10.6 Å². The summed E-state index contributed by atoms with van der Waals surface area (Å²) in [6.07, 6.45) is -6.31. The van der Waals surface area contributed by atoms with Gasteiger partial charge in [0, 0.05) is 22.5 Å². The van der Waals surface area contributed by atoms with E-state index in [0.29, 0.717) is 25.3 Å². The van der Waals surface area contributed by atoms with E-state index in [1.54, 1.807) is 24.3 Å². The molecule has 2 aromatic rings. The van der Waals surface area contributed by atoms with Gasteiger partial charge in [-0.25, -0.2) is 13.2 Å². The minimum absolute atomic E-state index is 0.192. The van der Waals surface area contributed by atoms with Crippen LogP contribution in [0.5, 0.6) is 0 Å². The maximum Gasteiger partial charge on any atom is 0.490 e. The Morgan fingerprint density at radius 3 is 2.16 bits per heavy atom. The van der Waals surface area contributed by atoms with Crippen LogP contribution in [0, 0.1) is 5.92 Å². The van der Waals surface area contributed by atoms with E-state index >= 15 is 0 Å². The number of halogens is 6. The van der Waals surface area contributed by atoms with E-state index in [-0.39, 0.29) is 22.3 Å². The molecule has 2 amide bonds. The Labute approximate surface area is 247 Å². The van der Waals surface area contributed by atoms with Crippen LogP contribution in [0.3, 0.4) is 0 Å². The van der Waals surface area contributed by atoms with Crippen LogP contribution in [-0.2, 0) is 25.6 Å². The number of rotatable bonds is 8. The molecule has 1 fully saturated rings. The summed E-state index contributed by atoms with van der Waals surface area (Å²) in [5.74, 6) is -4.77. The number of carboxylic acids is 1. The first-order valence-corrected chi connectivity index (χ1v) is 15.4. The molecule has 0 saturated heterocycles. The Kier molecular flexibility index (Phi) is 12.5. The van der Waals surface area contributed by atoms with Gasteiger partial charge in [-0.05, 0) is 73.9 Å². The van der Waals surface area contributed by atoms with Gasteiger partial charge in [0.25, 0.3) is 5.91 Å². The molecule has 3 atom stereocenters. The van der Waals surface area contributed by atoms with Gasteiger partial charge in [-0.1, -0.05) is 6.07 Å². The quantitative estimate of drug-likeness (QED) is 0.246. The Hall–Kier alpha value is -3.31. The number of nitrogens with one attached hydrogen (secondary N) is 2. The van der Waals surface area contributed by atoms with Gasteiger partial charge in [-0.15, -0.1) is 11.8 Å². The maximum atomic E-state index is 13.0. The van der Waals surface area contributed by atoms with Crippen molar-refractivity contribution in [2.45, 2.75) is 53.5 Å². The van der Waals surface area contributed by atoms with Crippen LogP contribution in [-0.4, -0.2) is 68.1 Å². The Bertz CT molecular complexity index is 1380. The van der Waals surface area contributed by atoms with Gasteiger partial charge in [0.1, 0.15) is 0 Å². The second-order valence-corrected chi connectivity index (χ2v) is 12.4. The van der Waals surface area contributed by atoms with Gasteiger partial charge >= 0.3 is 18.3 Å². The number of nitrogens with two attached hydrogens (primary N) is 1. The number of sulfone groups is 1. The van der Waals surface area contributed by atoms with Crippen molar-refractivity contribution in [3.63, 3.8) is 0 Å². The lowest BCUT2D eigenvalue weighted by molar-refractivity contribution is -0.192. The molecule has 1 aliphatic carbocycles. The van der Waals surface area contributed by atoms with Crippen LogP contribution < -0.4 is 16.4 Å². The van der Waals surface area contributed by atoms with Crippen molar-refractivity contribution in [2.24, 2.45) is 11.7 Å². The molecule has 43 heavy (non-hydrogen) atoms. The van der Waals surface area contributed by atoms with Crippen molar-refractivity contribution in [3.8, 4) is 0 Å². The molecule has 0 aromatic heterocycles. The summed E-state index contributed by atoms with van der Waals surface area (Å²) < 4.78 is 96.4. The van der Waals surface area contributed by atoms with Crippen molar-refractivity contribution in [1.82, 2.24) is 10.6 Å². The third-order valence-corrected chi connectivity index (χ3v) is 8.93. The van der Waals surface area contributed by atoms with Gasteiger partial charge in [0.05, 0.1) is 22.8 Å². The number of carbonyl (C=O) groups excluding carboxylic acids is 2. The SMILES string of the molecule is CSc1ccc(S(=O)(=O)C[C@@H]2C[C@H](N)CC[C@@H]2NC(=O)CNC(=O)c2cccc(C(F)(F)F)c2)cc1.O=C(O)C(F)(F)F. The summed E-state index contributed by atoms with van der Waals surface area (Å²) in [7, 11) is -3.63. The zero-order valence-corrected chi connectivity index (χ0v) is 24.2. The predicted octanol–water partition coefficient (Wildman–Crippen LogP) is 3.88. The van der Waals surface area contributed by atoms with E-state index in [4.69, 9.17) is 15.6 Å². The van der Waals surface area contributed by atoms with Crippen molar-refractivity contribution in [2.75, 3.05) is 18.6 Å². The van der Waals surface area contributed by atoms with E-state index in [0.717, 1.165) is 17.0 Å². The molecular weight excluding hydrogens is 628 g/mol. The fourth-order valence-electron chi connectivity index (χ4n) is 4.19. The summed E-state index contributed by atoms with van der Waals surface area (Å²) >= 11 is 1.50. The van der Waals surface area contributed by atoms with E-state index < -0.39 is 64.0 Å². The minimum atomic E-state index is -5.08. The second kappa shape index (κ2) is 14.9. The Morgan fingerprint density at radius 2 is 1.63 bits per heavy atom. The third-order valence-electron chi connectivity index (χ3n) is 6.33. The smallest absolute Gasteiger partial charge is 0.475 e. The normalized spacial score (nSPS) is 19.0. The standard InChI is InChI=1S/C24H28F3N3O4S2.C2HF3O2/c1-35-19-6-8-20(9-7-19)36(33,34)14-16-12-18(28)5-10-21(16)30-22(31)13-29-23(32)15-3-2-4-17(11-15)24(25,26)27;3-2(4,5)1(6)7/h2-4,6-9,11,16,18,21H,5,10,12-14,28H2,1H3,(H,29,32)(H,30,31);(H,6,7)/t16-,18+,21-;/m0./s1. The van der Waals surface area contributed by atoms with Crippen LogP contribution in [0.1, 0.15) is 35.2 Å². The predicted molar refractivity (Wildman–Crippen MR) is 145 cm³/mol. The Morgan fingerprint density at radius 1 is 1.02 bits per heavy atom. The van der Waals surface area contributed by atoms with Crippen molar-refractivity contribution in [1.29, 1.82) is 0 Å². The van der Waals surface area contributed by atoms with Crippen LogP contribution in [0.15, 0.2) is 58.3 Å². The second-order valence-electron chi connectivity index (χ2n) is 9.53. The van der Waals surface area contributed by atoms with Gasteiger partial charge in [0.15, 0.2) is 9.84 Å². The molecule has 17 heteroatoms. The number of alkyl halides is 6. The average molecular weight is 658 g/mol. The molecule has 9 nitrogen and oxygen atoms in total. The first kappa shape index (κ1) is 35.9. The van der Waals surface area contributed by atoms with Crippen molar-refractivity contribution in [3.05, 3.63) is 59.7 Å². The zero-order chi connectivity index (χ0) is 32.6. The van der Waals surface area contributed by atoms with E-state index in [1.807, 2.05) is 6.26 Å². The third kappa shape index (κ3) is 11.4. The number of amides is 2. The highest BCUT2D eigenvalue weighted by molar-refractivity contribution is 7.98. The van der Waals surface area contributed by atoms with Crippen LogP contribution >= 0.6 is 11.8 Å². The number of hydrogen-bond acceptors (Lipinski definition) is 7. The van der Waals surface area contributed by atoms with Gasteiger partial charge in [-0.2, -0.15) is 26.3 Å². The van der Waals surface area contributed by atoms with Crippen molar-refractivity contribution < 1.29 is 54.3 Å². The topological polar surface area (TPSA) is 156 Å². The highest BCUT2D eigenvalue weighted by atomic mass is 32.2. The first-order chi connectivity index (χ1) is 19.8. The molecule has 238 valence electrons. The minimum Gasteiger partial charge on any atom is -0.475 e. The summed E-state index contributed by atoms with van der Waals surface area (Å²) in [6.45, 7) is -0.465.